The zero-order valence-corrected chi connectivity index (χ0v) is 9.46. The third-order valence-corrected chi connectivity index (χ3v) is 2.34. The normalized spacial score (nSPS) is 12.6. The van der Waals surface area contributed by atoms with Crippen LogP contribution in [-0.4, -0.2) is 26.1 Å². The second-order valence-electron chi connectivity index (χ2n) is 3.63. The lowest BCUT2D eigenvalue weighted by Crippen LogP contribution is -2.22. The minimum atomic E-state index is 0.0624. The summed E-state index contributed by atoms with van der Waals surface area (Å²) in [4.78, 5) is 12.4. The van der Waals surface area contributed by atoms with Gasteiger partial charge in [0.15, 0.2) is 0 Å². The highest BCUT2D eigenvalue weighted by molar-refractivity contribution is 5.21. The van der Waals surface area contributed by atoms with Crippen molar-refractivity contribution in [1.82, 2.24) is 24.8 Å². The van der Waals surface area contributed by atoms with Crippen molar-refractivity contribution in [2.75, 3.05) is 6.54 Å². The molecule has 0 aliphatic rings. The van der Waals surface area contributed by atoms with Gasteiger partial charge in [-0.1, -0.05) is 6.92 Å². The molecule has 5 heteroatoms. The van der Waals surface area contributed by atoms with Crippen LogP contribution in [0, 0.1) is 0 Å². The Morgan fingerprint density at radius 3 is 2.69 bits per heavy atom. The molecule has 2 aromatic heterocycles. The highest BCUT2D eigenvalue weighted by Gasteiger charge is 2.15. The van der Waals surface area contributed by atoms with Crippen molar-refractivity contribution in [2.45, 2.75) is 13.0 Å². The summed E-state index contributed by atoms with van der Waals surface area (Å²) in [7, 11) is 1.96. The van der Waals surface area contributed by atoms with Gasteiger partial charge in [-0.2, -0.15) is 0 Å². The van der Waals surface area contributed by atoms with E-state index in [1.165, 1.54) is 6.33 Å². The number of hydrogen-bond acceptors (Lipinski definition) is 4. The average Bonchev–Trinajstić information content (AvgIpc) is 2.74. The first-order valence-electron chi connectivity index (χ1n) is 5.27. The minimum Gasteiger partial charge on any atom is -0.340 e. The number of aromatic nitrogens is 4. The van der Waals surface area contributed by atoms with Crippen molar-refractivity contribution < 1.29 is 0 Å². The van der Waals surface area contributed by atoms with E-state index < -0.39 is 0 Å². The standard InChI is InChI=1S/C11H15N5/c1-3-14-11(9-4-12-7-13-5-9)10-6-16(2)8-15-10/h4-8,11,14H,3H2,1-2H3. The molecule has 1 atom stereocenters. The lowest BCUT2D eigenvalue weighted by Gasteiger charge is -2.14. The Bertz CT molecular complexity index is 437. The first kappa shape index (κ1) is 10.8. The van der Waals surface area contributed by atoms with E-state index in [-0.39, 0.29) is 6.04 Å². The van der Waals surface area contributed by atoms with Crippen LogP contribution in [-0.2, 0) is 7.05 Å². The second kappa shape index (κ2) is 4.85. The first-order valence-corrected chi connectivity index (χ1v) is 5.27. The molecule has 5 nitrogen and oxygen atoms in total. The average molecular weight is 217 g/mol. The highest BCUT2D eigenvalue weighted by Crippen LogP contribution is 2.18. The van der Waals surface area contributed by atoms with Gasteiger partial charge in [-0.15, -0.1) is 0 Å². The van der Waals surface area contributed by atoms with Crippen LogP contribution in [0.25, 0.3) is 0 Å². The van der Waals surface area contributed by atoms with Crippen LogP contribution >= 0.6 is 0 Å². The quantitative estimate of drug-likeness (QED) is 0.827. The van der Waals surface area contributed by atoms with Gasteiger partial charge in [0.2, 0.25) is 0 Å². The maximum atomic E-state index is 4.36. The van der Waals surface area contributed by atoms with Crippen LogP contribution in [0.15, 0.2) is 31.2 Å². The van der Waals surface area contributed by atoms with E-state index in [0.717, 1.165) is 17.8 Å². The first-order chi connectivity index (χ1) is 7.81. The third kappa shape index (κ3) is 2.25. The molecule has 0 radical (unpaired) electrons. The Hall–Kier alpha value is -1.75. The number of aryl methyl sites for hydroxylation is 1. The van der Waals surface area contributed by atoms with Crippen LogP contribution in [0.4, 0.5) is 0 Å². The molecular weight excluding hydrogens is 202 g/mol. The molecule has 0 aromatic carbocycles. The SMILES string of the molecule is CCNC(c1cncnc1)c1cn(C)cn1. The van der Waals surface area contributed by atoms with E-state index in [4.69, 9.17) is 0 Å². The van der Waals surface area contributed by atoms with E-state index in [9.17, 15) is 0 Å². The van der Waals surface area contributed by atoms with Gasteiger partial charge < -0.3 is 9.88 Å². The van der Waals surface area contributed by atoms with Gasteiger partial charge in [0.05, 0.1) is 18.1 Å². The molecule has 0 aliphatic heterocycles. The maximum Gasteiger partial charge on any atom is 0.115 e. The second-order valence-corrected chi connectivity index (χ2v) is 3.63. The fourth-order valence-electron chi connectivity index (χ4n) is 1.64. The smallest absolute Gasteiger partial charge is 0.115 e. The highest BCUT2D eigenvalue weighted by atomic mass is 15.0. The van der Waals surface area contributed by atoms with Crippen LogP contribution in [0.2, 0.25) is 0 Å². The molecule has 0 fully saturated rings. The fourth-order valence-corrected chi connectivity index (χ4v) is 1.64. The number of nitrogens with zero attached hydrogens (tertiary/aromatic N) is 4. The Morgan fingerprint density at radius 1 is 1.38 bits per heavy atom. The van der Waals surface area contributed by atoms with Gasteiger partial charge in [-0.05, 0) is 6.54 Å². The van der Waals surface area contributed by atoms with Crippen molar-refractivity contribution in [3.05, 3.63) is 42.5 Å². The molecule has 0 saturated carbocycles. The lowest BCUT2D eigenvalue weighted by molar-refractivity contribution is 0.613. The predicted molar refractivity (Wildman–Crippen MR) is 60.8 cm³/mol. The molecule has 2 rings (SSSR count). The molecule has 0 aliphatic carbocycles. The number of nitrogens with one attached hydrogen (secondary N) is 1. The summed E-state index contributed by atoms with van der Waals surface area (Å²) in [5.74, 6) is 0. The summed E-state index contributed by atoms with van der Waals surface area (Å²) in [5, 5.41) is 3.37. The molecule has 0 spiro atoms. The van der Waals surface area contributed by atoms with E-state index >= 15 is 0 Å². The van der Waals surface area contributed by atoms with Gasteiger partial charge in [0.1, 0.15) is 6.33 Å². The Kier molecular flexibility index (Phi) is 3.26. The van der Waals surface area contributed by atoms with Crippen molar-refractivity contribution in [2.24, 2.45) is 7.05 Å². The molecule has 0 saturated heterocycles. The Labute approximate surface area is 94.6 Å². The summed E-state index contributed by atoms with van der Waals surface area (Å²) in [6.07, 6.45) is 8.96. The predicted octanol–water partition coefficient (Wildman–Crippen LogP) is 0.909. The van der Waals surface area contributed by atoms with Gasteiger partial charge in [0.25, 0.3) is 0 Å². The molecule has 2 heterocycles. The zero-order chi connectivity index (χ0) is 11.4. The summed E-state index contributed by atoms with van der Waals surface area (Å²) in [6, 6.07) is 0.0624. The Morgan fingerprint density at radius 2 is 2.12 bits per heavy atom. The molecule has 1 unspecified atom stereocenters. The molecule has 0 amide bonds. The van der Waals surface area contributed by atoms with Crippen molar-refractivity contribution in [3.63, 3.8) is 0 Å². The number of rotatable bonds is 4. The molecule has 2 aromatic rings. The van der Waals surface area contributed by atoms with Gasteiger partial charge in [-0.3, -0.25) is 0 Å². The Balaban J connectivity index is 2.31. The van der Waals surface area contributed by atoms with Gasteiger partial charge in [0, 0.05) is 31.2 Å². The van der Waals surface area contributed by atoms with Crippen molar-refractivity contribution >= 4 is 0 Å². The monoisotopic (exact) mass is 217 g/mol. The third-order valence-electron chi connectivity index (χ3n) is 2.34. The minimum absolute atomic E-state index is 0.0624. The van der Waals surface area contributed by atoms with Crippen LogP contribution in [0.3, 0.4) is 0 Å². The molecular formula is C11H15N5. The summed E-state index contributed by atoms with van der Waals surface area (Å²) in [5.41, 5.74) is 2.02. The topological polar surface area (TPSA) is 55.6 Å². The van der Waals surface area contributed by atoms with Crippen molar-refractivity contribution in [3.8, 4) is 0 Å². The molecule has 84 valence electrons. The zero-order valence-electron chi connectivity index (χ0n) is 9.46. The van der Waals surface area contributed by atoms with Crippen LogP contribution in [0.1, 0.15) is 24.2 Å². The van der Waals surface area contributed by atoms with E-state index in [2.05, 4.69) is 27.2 Å². The molecule has 1 N–H and O–H groups in total. The molecule has 0 bridgehead atoms. The number of imidazole rings is 1. The van der Waals surface area contributed by atoms with Gasteiger partial charge >= 0.3 is 0 Å². The summed E-state index contributed by atoms with van der Waals surface area (Å²) >= 11 is 0. The maximum absolute atomic E-state index is 4.36. The van der Waals surface area contributed by atoms with Gasteiger partial charge in [-0.25, -0.2) is 15.0 Å². The van der Waals surface area contributed by atoms with Crippen LogP contribution < -0.4 is 5.32 Å². The summed E-state index contributed by atoms with van der Waals surface area (Å²) < 4.78 is 1.93. The van der Waals surface area contributed by atoms with Crippen LogP contribution in [0.5, 0.6) is 0 Å². The van der Waals surface area contributed by atoms with Crippen molar-refractivity contribution in [1.29, 1.82) is 0 Å². The fraction of sp³-hybridized carbons (Fsp3) is 0.364. The van der Waals surface area contributed by atoms with E-state index in [0.29, 0.717) is 0 Å². The number of hydrogen-bond donors (Lipinski definition) is 1. The molecule has 16 heavy (non-hydrogen) atoms. The van der Waals surface area contributed by atoms with E-state index in [1.807, 2.05) is 30.2 Å². The largest absolute Gasteiger partial charge is 0.340 e. The summed E-state index contributed by atoms with van der Waals surface area (Å²) in [6.45, 7) is 2.94. The van der Waals surface area contributed by atoms with E-state index in [1.54, 1.807) is 6.33 Å². The lowest BCUT2D eigenvalue weighted by atomic mass is 10.1.